The average molecular weight is 586 g/mol. The summed E-state index contributed by atoms with van der Waals surface area (Å²) < 4.78 is 28.6. The number of anilines is 2. The molecule has 2 aliphatic heterocycles. The van der Waals surface area contributed by atoms with Crippen LogP contribution in [-0.2, 0) is 9.53 Å². The Labute approximate surface area is 247 Å². The van der Waals surface area contributed by atoms with Gasteiger partial charge in [0.05, 0.1) is 24.7 Å². The predicted molar refractivity (Wildman–Crippen MR) is 156 cm³/mol. The van der Waals surface area contributed by atoms with E-state index in [2.05, 4.69) is 15.3 Å². The summed E-state index contributed by atoms with van der Waals surface area (Å²) in [6, 6.07) is 7.62. The molecule has 12 heteroatoms. The van der Waals surface area contributed by atoms with E-state index in [1.54, 1.807) is 30.7 Å². The van der Waals surface area contributed by atoms with Gasteiger partial charge in [-0.15, -0.1) is 0 Å². The maximum Gasteiger partial charge on any atom is 0.256 e. The molecular formula is C31H32FN7O4. The minimum absolute atomic E-state index is 0.0781. The van der Waals surface area contributed by atoms with Gasteiger partial charge in [0.2, 0.25) is 5.91 Å². The van der Waals surface area contributed by atoms with Crippen LogP contribution in [0.5, 0.6) is 5.75 Å². The summed E-state index contributed by atoms with van der Waals surface area (Å²) in [6.07, 6.45) is 8.77. The van der Waals surface area contributed by atoms with Crippen LogP contribution in [0.15, 0.2) is 48.9 Å². The summed E-state index contributed by atoms with van der Waals surface area (Å²) in [5, 5.41) is 2.71. The molecule has 1 aromatic carbocycles. The highest BCUT2D eigenvalue weighted by Gasteiger charge is 2.45. The third kappa shape index (κ3) is 5.16. The minimum Gasteiger partial charge on any atom is -0.490 e. The number of hydrogen-bond donors (Lipinski definition) is 2. The fourth-order valence-corrected chi connectivity index (χ4v) is 5.82. The van der Waals surface area contributed by atoms with Gasteiger partial charge in [-0.2, -0.15) is 0 Å². The highest BCUT2D eigenvalue weighted by molar-refractivity contribution is 6.04. The molecule has 1 aliphatic carbocycles. The average Bonchev–Trinajstić information content (AvgIpc) is 3.72. The van der Waals surface area contributed by atoms with Crippen LogP contribution < -0.4 is 15.8 Å². The number of nitrogens with two attached hydrogens (primary N) is 1. The van der Waals surface area contributed by atoms with Crippen molar-refractivity contribution in [2.24, 2.45) is 5.41 Å². The summed E-state index contributed by atoms with van der Waals surface area (Å²) in [5.74, 6) is 0.713. The summed E-state index contributed by atoms with van der Waals surface area (Å²) in [5.41, 5.74) is 6.95. The molecular weight excluding hydrogens is 553 g/mol. The number of fused-ring (bicyclic) bond motifs is 1. The molecule has 5 heterocycles. The fraction of sp³-hybridized carbons (Fsp3) is 0.387. The zero-order chi connectivity index (χ0) is 29.7. The van der Waals surface area contributed by atoms with Crippen LogP contribution >= 0.6 is 0 Å². The molecule has 7 rings (SSSR count). The summed E-state index contributed by atoms with van der Waals surface area (Å²) in [6.45, 7) is 3.96. The van der Waals surface area contributed by atoms with Crippen molar-refractivity contribution in [3.05, 3.63) is 66.1 Å². The van der Waals surface area contributed by atoms with Crippen LogP contribution in [0.1, 0.15) is 54.7 Å². The first kappa shape index (κ1) is 27.3. The number of nitrogens with one attached hydrogen (secondary N) is 1. The molecule has 0 spiro atoms. The quantitative estimate of drug-likeness (QED) is 0.332. The number of halogens is 1. The molecule has 4 aromatic rings. The van der Waals surface area contributed by atoms with E-state index in [1.165, 1.54) is 18.2 Å². The number of benzene rings is 1. The maximum atomic E-state index is 15.7. The van der Waals surface area contributed by atoms with Crippen molar-refractivity contribution in [3.8, 4) is 17.0 Å². The number of amides is 2. The number of rotatable bonds is 7. The number of carbonyl (C=O) groups is 2. The van der Waals surface area contributed by atoms with Crippen LogP contribution in [0.4, 0.5) is 16.0 Å². The van der Waals surface area contributed by atoms with Crippen molar-refractivity contribution < 1.29 is 23.5 Å². The first-order chi connectivity index (χ1) is 20.8. The molecule has 3 aliphatic rings. The number of carbonyl (C=O) groups excluding carboxylic acids is 2. The molecule has 43 heavy (non-hydrogen) atoms. The third-order valence-electron chi connectivity index (χ3n) is 8.33. The lowest BCUT2D eigenvalue weighted by molar-refractivity contribution is -0.169. The van der Waals surface area contributed by atoms with Gasteiger partial charge in [-0.25, -0.2) is 19.3 Å². The maximum absolute atomic E-state index is 15.7. The molecule has 2 amide bonds. The molecule has 1 unspecified atom stereocenters. The first-order valence-corrected chi connectivity index (χ1v) is 14.5. The Hall–Kier alpha value is -4.58. The van der Waals surface area contributed by atoms with Gasteiger partial charge < -0.3 is 25.4 Å². The Kier molecular flexibility index (Phi) is 6.72. The second-order valence-electron chi connectivity index (χ2n) is 11.8. The van der Waals surface area contributed by atoms with Crippen LogP contribution in [0.2, 0.25) is 0 Å². The molecule has 1 saturated carbocycles. The van der Waals surface area contributed by atoms with E-state index in [4.69, 9.17) is 20.2 Å². The molecule has 11 nitrogen and oxygen atoms in total. The van der Waals surface area contributed by atoms with Gasteiger partial charge >= 0.3 is 0 Å². The Balaban J connectivity index is 1.16. The third-order valence-corrected chi connectivity index (χ3v) is 8.33. The van der Waals surface area contributed by atoms with E-state index in [0.717, 1.165) is 25.7 Å². The van der Waals surface area contributed by atoms with E-state index < -0.39 is 17.1 Å². The number of aromatic nitrogens is 4. The lowest BCUT2D eigenvalue weighted by atomic mass is 9.85. The van der Waals surface area contributed by atoms with Gasteiger partial charge in [0.1, 0.15) is 40.2 Å². The number of hydrogen-bond acceptors (Lipinski definition) is 8. The lowest BCUT2D eigenvalue weighted by Crippen LogP contribution is -2.55. The van der Waals surface area contributed by atoms with E-state index in [-0.39, 0.29) is 34.9 Å². The minimum atomic E-state index is -0.625. The number of piperidine rings is 1. The second kappa shape index (κ2) is 10.6. The topological polar surface area (TPSA) is 137 Å². The van der Waals surface area contributed by atoms with E-state index in [9.17, 15) is 9.59 Å². The van der Waals surface area contributed by atoms with Gasteiger partial charge in [0.25, 0.3) is 5.91 Å². The molecule has 0 radical (unpaired) electrons. The molecule has 0 bridgehead atoms. The molecule has 3 aromatic heterocycles. The lowest BCUT2D eigenvalue weighted by Gasteiger charge is -2.42. The van der Waals surface area contributed by atoms with Gasteiger partial charge in [0.15, 0.2) is 0 Å². The monoisotopic (exact) mass is 585 g/mol. The molecule has 222 valence electrons. The Morgan fingerprint density at radius 3 is 2.72 bits per heavy atom. The molecule has 3 N–H and O–H groups in total. The van der Waals surface area contributed by atoms with Crippen LogP contribution in [0, 0.1) is 11.2 Å². The second-order valence-corrected chi connectivity index (χ2v) is 11.8. The van der Waals surface area contributed by atoms with Crippen LogP contribution in [0.25, 0.3) is 16.8 Å². The molecule has 2 saturated heterocycles. The molecule has 3 fully saturated rings. The Morgan fingerprint density at radius 2 is 1.98 bits per heavy atom. The number of nitrogen functional groups attached to an aromatic ring is 1. The van der Waals surface area contributed by atoms with Crippen molar-refractivity contribution in [1.82, 2.24) is 24.3 Å². The zero-order valence-corrected chi connectivity index (χ0v) is 23.8. The summed E-state index contributed by atoms with van der Waals surface area (Å²) >= 11 is 0. The standard InChI is InChI=1S/C31H32FN7O4/c1-31(16-42-17-31)30(41)38-11-2-3-19(15-38)28-37-25(26-27(33)35-10-12-39(26)28)22-7-4-18(13-23(22)32)29(40)36-24-14-21(8-9-34-24)43-20-5-6-20/h4,7-10,12-14,19-20H,2-3,5-6,11,15-17H2,1H3,(H2,33,35)(H,34,36,40). The van der Waals surface area contributed by atoms with Crippen molar-refractivity contribution in [3.63, 3.8) is 0 Å². The summed E-state index contributed by atoms with van der Waals surface area (Å²) in [4.78, 5) is 41.4. The van der Waals surface area contributed by atoms with Crippen LogP contribution in [0.3, 0.4) is 0 Å². The smallest absolute Gasteiger partial charge is 0.256 e. The van der Waals surface area contributed by atoms with Crippen molar-refractivity contribution in [1.29, 1.82) is 0 Å². The SMILES string of the molecule is CC1(C(=O)N2CCCC(c3nc(-c4ccc(C(=O)Nc5cc(OC6CC6)ccn5)cc4F)c4c(N)nccn34)C2)COC1. The van der Waals surface area contributed by atoms with Crippen molar-refractivity contribution in [2.75, 3.05) is 37.4 Å². The molecule has 1 atom stereocenters. The van der Waals surface area contributed by atoms with E-state index in [1.807, 2.05) is 16.2 Å². The number of nitrogens with zero attached hydrogens (tertiary/aromatic N) is 5. The highest BCUT2D eigenvalue weighted by atomic mass is 19.1. The predicted octanol–water partition coefficient (Wildman–Crippen LogP) is 4.05. The van der Waals surface area contributed by atoms with E-state index in [0.29, 0.717) is 54.9 Å². The Bertz CT molecular complexity index is 1730. The normalized spacial score (nSPS) is 19.6. The number of ether oxygens (including phenoxy) is 2. The Morgan fingerprint density at radius 1 is 1.14 bits per heavy atom. The van der Waals surface area contributed by atoms with Gasteiger partial charge in [-0.1, -0.05) is 0 Å². The first-order valence-electron chi connectivity index (χ1n) is 14.5. The number of likely N-dealkylation sites (tertiary alicyclic amines) is 1. The summed E-state index contributed by atoms with van der Waals surface area (Å²) in [7, 11) is 0. The van der Waals surface area contributed by atoms with Crippen molar-refractivity contribution in [2.45, 2.75) is 44.6 Å². The number of pyridine rings is 1. The van der Waals surface area contributed by atoms with Crippen LogP contribution in [-0.4, -0.2) is 68.5 Å². The highest BCUT2D eigenvalue weighted by Crippen LogP contribution is 2.37. The zero-order valence-electron chi connectivity index (χ0n) is 23.8. The fourth-order valence-electron chi connectivity index (χ4n) is 5.82. The number of imidazole rings is 1. The van der Waals surface area contributed by atoms with E-state index >= 15 is 4.39 Å². The van der Waals surface area contributed by atoms with Gasteiger partial charge in [-0.3, -0.25) is 14.0 Å². The van der Waals surface area contributed by atoms with Gasteiger partial charge in [-0.05, 0) is 56.9 Å². The van der Waals surface area contributed by atoms with Gasteiger partial charge in [0, 0.05) is 54.8 Å². The van der Waals surface area contributed by atoms with Crippen molar-refractivity contribution >= 4 is 29.0 Å². The largest absolute Gasteiger partial charge is 0.490 e.